The van der Waals surface area contributed by atoms with Gasteiger partial charge >= 0.3 is 0 Å². The molecule has 1 aliphatic carbocycles. The quantitative estimate of drug-likeness (QED) is 0.896. The highest BCUT2D eigenvalue weighted by atomic mass is 15.0. The molecule has 3 rings (SSSR count). The summed E-state index contributed by atoms with van der Waals surface area (Å²) in [6.45, 7) is 5.24. The second-order valence-electron chi connectivity index (χ2n) is 5.57. The van der Waals surface area contributed by atoms with Gasteiger partial charge in [0.25, 0.3) is 0 Å². The molecule has 0 amide bonds. The maximum Gasteiger partial charge on any atom is 0.0479 e. The highest BCUT2D eigenvalue weighted by molar-refractivity contribution is 5.34. The van der Waals surface area contributed by atoms with Crippen molar-refractivity contribution in [1.29, 1.82) is 0 Å². The molecule has 2 heterocycles. The van der Waals surface area contributed by atoms with E-state index in [1.54, 1.807) is 0 Å². The average molecular weight is 255 g/mol. The summed E-state index contributed by atoms with van der Waals surface area (Å²) in [6, 6.07) is 4.61. The summed E-state index contributed by atoms with van der Waals surface area (Å²) in [4.78, 5) is 4.17. The van der Waals surface area contributed by atoms with Crippen molar-refractivity contribution in [3.8, 4) is 0 Å². The van der Waals surface area contributed by atoms with Crippen molar-refractivity contribution >= 4 is 0 Å². The molecule has 0 bridgehead atoms. The van der Waals surface area contributed by atoms with E-state index < -0.39 is 0 Å². The summed E-state index contributed by atoms with van der Waals surface area (Å²) in [5, 5.41) is 0. The monoisotopic (exact) mass is 255 g/mol. The van der Waals surface area contributed by atoms with Gasteiger partial charge in [-0.05, 0) is 61.9 Å². The van der Waals surface area contributed by atoms with E-state index >= 15 is 0 Å². The molecular weight excluding hydrogens is 234 g/mol. The molecular formula is C16H21N3. The lowest BCUT2D eigenvalue weighted by Crippen LogP contribution is -2.18. The first-order valence-corrected chi connectivity index (χ1v) is 7.01. The first-order chi connectivity index (χ1) is 9.16. The smallest absolute Gasteiger partial charge is 0.0479 e. The zero-order valence-corrected chi connectivity index (χ0v) is 11.7. The fraction of sp³-hybridized carbons (Fsp3) is 0.438. The van der Waals surface area contributed by atoms with Crippen LogP contribution in [-0.2, 0) is 13.0 Å². The van der Waals surface area contributed by atoms with Crippen LogP contribution < -0.4 is 5.73 Å². The highest BCUT2D eigenvalue weighted by Gasteiger charge is 2.22. The number of hydrogen-bond acceptors (Lipinski definition) is 2. The van der Waals surface area contributed by atoms with Crippen LogP contribution >= 0.6 is 0 Å². The van der Waals surface area contributed by atoms with Gasteiger partial charge in [-0.1, -0.05) is 0 Å². The largest absolute Gasteiger partial charge is 0.344 e. The molecule has 19 heavy (non-hydrogen) atoms. The van der Waals surface area contributed by atoms with Crippen molar-refractivity contribution in [3.63, 3.8) is 0 Å². The van der Waals surface area contributed by atoms with E-state index in [2.05, 4.69) is 35.5 Å². The second-order valence-corrected chi connectivity index (χ2v) is 5.57. The third-order valence-electron chi connectivity index (χ3n) is 4.24. The van der Waals surface area contributed by atoms with Crippen LogP contribution in [0.5, 0.6) is 0 Å². The molecule has 0 radical (unpaired) electrons. The van der Waals surface area contributed by atoms with Gasteiger partial charge in [0, 0.05) is 36.4 Å². The molecule has 0 spiro atoms. The third kappa shape index (κ3) is 2.19. The lowest BCUT2D eigenvalue weighted by Gasteiger charge is -2.21. The van der Waals surface area contributed by atoms with Gasteiger partial charge < -0.3 is 10.3 Å². The number of rotatable bonds is 2. The Labute approximate surface area is 114 Å². The molecule has 1 atom stereocenters. The van der Waals surface area contributed by atoms with Gasteiger partial charge in [-0.25, -0.2) is 0 Å². The Kier molecular flexibility index (Phi) is 3.15. The first kappa shape index (κ1) is 12.4. The molecule has 0 saturated heterocycles. The minimum absolute atomic E-state index is 0.224. The molecule has 2 N–H and O–H groups in total. The van der Waals surface area contributed by atoms with Crippen LogP contribution in [0.4, 0.5) is 0 Å². The molecule has 0 saturated carbocycles. The first-order valence-electron chi connectivity index (χ1n) is 7.01. The van der Waals surface area contributed by atoms with Crippen molar-refractivity contribution in [3.05, 3.63) is 52.6 Å². The molecule has 0 fully saturated rings. The number of hydrogen-bond donors (Lipinski definition) is 1. The van der Waals surface area contributed by atoms with Crippen molar-refractivity contribution in [2.45, 2.75) is 45.7 Å². The van der Waals surface area contributed by atoms with Gasteiger partial charge in [0.15, 0.2) is 0 Å². The SMILES string of the molecule is Cc1cnccc1Cn1c(C)cc2c1CCCC2N. The predicted octanol–water partition coefficient (Wildman–Crippen LogP) is 2.88. The molecule has 0 aromatic carbocycles. The van der Waals surface area contributed by atoms with Crippen LogP contribution in [0, 0.1) is 13.8 Å². The maximum atomic E-state index is 6.23. The second kappa shape index (κ2) is 4.82. The van der Waals surface area contributed by atoms with E-state index in [9.17, 15) is 0 Å². The van der Waals surface area contributed by atoms with E-state index in [4.69, 9.17) is 5.73 Å². The Morgan fingerprint density at radius 2 is 2.26 bits per heavy atom. The Bertz CT molecular complexity index is 598. The van der Waals surface area contributed by atoms with Crippen LogP contribution in [0.15, 0.2) is 24.5 Å². The van der Waals surface area contributed by atoms with E-state index in [0.717, 1.165) is 19.4 Å². The highest BCUT2D eigenvalue weighted by Crippen LogP contribution is 2.31. The van der Waals surface area contributed by atoms with Gasteiger partial charge in [-0.2, -0.15) is 0 Å². The molecule has 100 valence electrons. The average Bonchev–Trinajstić information content (AvgIpc) is 2.71. The van der Waals surface area contributed by atoms with Gasteiger partial charge in [-0.3, -0.25) is 4.98 Å². The molecule has 0 aliphatic heterocycles. The van der Waals surface area contributed by atoms with E-state index in [-0.39, 0.29) is 6.04 Å². The lowest BCUT2D eigenvalue weighted by atomic mass is 9.93. The number of aromatic nitrogens is 2. The Morgan fingerprint density at radius 3 is 3.05 bits per heavy atom. The number of pyridine rings is 1. The minimum atomic E-state index is 0.224. The summed E-state index contributed by atoms with van der Waals surface area (Å²) in [7, 11) is 0. The molecule has 2 aromatic rings. The summed E-state index contributed by atoms with van der Waals surface area (Å²) in [6.07, 6.45) is 7.28. The molecule has 1 unspecified atom stereocenters. The van der Waals surface area contributed by atoms with Crippen molar-refractivity contribution < 1.29 is 0 Å². The van der Waals surface area contributed by atoms with Crippen LogP contribution in [0.3, 0.4) is 0 Å². The van der Waals surface area contributed by atoms with E-state index in [0.29, 0.717) is 0 Å². The van der Waals surface area contributed by atoms with E-state index in [1.165, 1.54) is 34.5 Å². The Morgan fingerprint density at radius 1 is 1.42 bits per heavy atom. The van der Waals surface area contributed by atoms with Gasteiger partial charge in [0.2, 0.25) is 0 Å². The fourth-order valence-electron chi connectivity index (χ4n) is 3.07. The zero-order valence-electron chi connectivity index (χ0n) is 11.7. The zero-order chi connectivity index (χ0) is 13.4. The summed E-state index contributed by atoms with van der Waals surface area (Å²) in [5.74, 6) is 0. The maximum absolute atomic E-state index is 6.23. The van der Waals surface area contributed by atoms with Gasteiger partial charge in [-0.15, -0.1) is 0 Å². The number of nitrogens with zero attached hydrogens (tertiary/aromatic N) is 2. The van der Waals surface area contributed by atoms with Crippen LogP contribution in [0.1, 0.15) is 47.0 Å². The summed E-state index contributed by atoms with van der Waals surface area (Å²) in [5.41, 5.74) is 12.9. The Hall–Kier alpha value is -1.61. The fourth-order valence-corrected chi connectivity index (χ4v) is 3.07. The van der Waals surface area contributed by atoms with Crippen molar-refractivity contribution in [1.82, 2.24) is 9.55 Å². The lowest BCUT2D eigenvalue weighted by molar-refractivity contribution is 0.546. The van der Waals surface area contributed by atoms with Gasteiger partial charge in [0.1, 0.15) is 0 Å². The number of aryl methyl sites for hydroxylation is 2. The standard InChI is InChI=1S/C16H21N3/c1-11-9-18-7-6-13(11)10-19-12(2)8-14-15(17)4-3-5-16(14)19/h6-9,15H,3-5,10,17H2,1-2H3. The summed E-state index contributed by atoms with van der Waals surface area (Å²) < 4.78 is 2.43. The molecule has 2 aromatic heterocycles. The minimum Gasteiger partial charge on any atom is -0.344 e. The normalized spacial score (nSPS) is 18.4. The Balaban J connectivity index is 2.00. The number of nitrogens with two attached hydrogens (primary N) is 1. The van der Waals surface area contributed by atoms with Crippen LogP contribution in [-0.4, -0.2) is 9.55 Å². The van der Waals surface area contributed by atoms with E-state index in [1.807, 2.05) is 12.4 Å². The molecule has 1 aliphatic rings. The molecule has 3 nitrogen and oxygen atoms in total. The van der Waals surface area contributed by atoms with Crippen LogP contribution in [0.25, 0.3) is 0 Å². The van der Waals surface area contributed by atoms with Crippen LogP contribution in [0.2, 0.25) is 0 Å². The predicted molar refractivity (Wildman–Crippen MR) is 77.1 cm³/mol. The van der Waals surface area contributed by atoms with Crippen molar-refractivity contribution in [2.75, 3.05) is 0 Å². The molecule has 3 heteroatoms. The van der Waals surface area contributed by atoms with Gasteiger partial charge in [0.05, 0.1) is 0 Å². The topological polar surface area (TPSA) is 43.8 Å². The van der Waals surface area contributed by atoms with Crippen molar-refractivity contribution in [2.24, 2.45) is 5.73 Å². The third-order valence-corrected chi connectivity index (χ3v) is 4.24. The summed E-state index contributed by atoms with van der Waals surface area (Å²) >= 11 is 0. The number of fused-ring (bicyclic) bond motifs is 1.